The first-order valence-electron chi connectivity index (χ1n) is 11.5. The molecular weight excluding hydrogens is 461 g/mol. The standard InChI is InChI=1S/C25H25F3N4O3/c1-13(19-9-20-22(10-21(19)25(26,27)28)30-14(2)31-23(20)33)29-16-5-3-15(4-6-16)24(34)32-17-7-8-18(32)12-35-11-17/h3-6,9-10,13,17-18,29H,7-8,11-12H2,1-2H3,(H,30,31,33). The lowest BCUT2D eigenvalue weighted by molar-refractivity contribution is -0.138. The molecule has 2 fully saturated rings. The summed E-state index contributed by atoms with van der Waals surface area (Å²) in [5.74, 6) is 0.186. The average Bonchev–Trinajstić information content (AvgIpc) is 3.05. The van der Waals surface area contributed by atoms with E-state index in [1.807, 2.05) is 4.90 Å². The van der Waals surface area contributed by atoms with Crippen LogP contribution in [-0.4, -0.2) is 46.1 Å². The molecule has 2 saturated heterocycles. The summed E-state index contributed by atoms with van der Waals surface area (Å²) >= 11 is 0. The van der Waals surface area contributed by atoms with Gasteiger partial charge in [0.05, 0.1) is 41.8 Å². The Hall–Kier alpha value is -3.40. The van der Waals surface area contributed by atoms with Gasteiger partial charge in [0.25, 0.3) is 11.5 Å². The maximum atomic E-state index is 13.9. The first-order valence-corrected chi connectivity index (χ1v) is 11.5. The Labute approximate surface area is 199 Å². The predicted octanol–water partition coefficient (Wildman–Crippen LogP) is 4.43. The van der Waals surface area contributed by atoms with Crippen LogP contribution in [0.2, 0.25) is 0 Å². The molecule has 0 spiro atoms. The fraction of sp³-hybridized carbons (Fsp3) is 0.400. The first kappa shape index (κ1) is 23.3. The molecular formula is C25H25F3N4O3. The highest BCUT2D eigenvalue weighted by Gasteiger charge is 2.40. The lowest BCUT2D eigenvalue weighted by Gasteiger charge is -2.34. The Kier molecular flexibility index (Phi) is 5.79. The summed E-state index contributed by atoms with van der Waals surface area (Å²) in [6.45, 7) is 4.20. The number of hydrogen-bond donors (Lipinski definition) is 2. The largest absolute Gasteiger partial charge is 0.416 e. The Morgan fingerprint density at radius 2 is 1.83 bits per heavy atom. The van der Waals surface area contributed by atoms with Crippen molar-refractivity contribution < 1.29 is 22.7 Å². The number of nitrogens with zero attached hydrogens (tertiary/aromatic N) is 2. The Morgan fingerprint density at radius 3 is 2.46 bits per heavy atom. The second-order valence-corrected chi connectivity index (χ2v) is 9.18. The van der Waals surface area contributed by atoms with Gasteiger partial charge < -0.3 is 19.9 Å². The van der Waals surface area contributed by atoms with Crippen LogP contribution in [0.4, 0.5) is 18.9 Å². The number of carbonyl (C=O) groups excluding carboxylic acids is 1. The number of anilines is 1. The zero-order valence-corrected chi connectivity index (χ0v) is 19.3. The van der Waals surface area contributed by atoms with E-state index in [0.717, 1.165) is 18.9 Å². The molecule has 3 heterocycles. The molecule has 0 saturated carbocycles. The number of fused-ring (bicyclic) bond motifs is 3. The van der Waals surface area contributed by atoms with E-state index in [9.17, 15) is 22.8 Å². The zero-order valence-electron chi connectivity index (χ0n) is 19.3. The molecule has 2 N–H and O–H groups in total. The number of H-pyrrole nitrogens is 1. The molecule has 184 valence electrons. The van der Waals surface area contributed by atoms with Gasteiger partial charge in [-0.05, 0) is 68.7 Å². The number of benzene rings is 2. The van der Waals surface area contributed by atoms with Crippen molar-refractivity contribution in [1.82, 2.24) is 14.9 Å². The molecule has 10 heteroatoms. The lowest BCUT2D eigenvalue weighted by Crippen LogP contribution is -2.49. The molecule has 2 aromatic carbocycles. The fourth-order valence-electron chi connectivity index (χ4n) is 5.07. The third-order valence-electron chi connectivity index (χ3n) is 6.76. The normalized spacial score (nSPS) is 20.8. The van der Waals surface area contributed by atoms with Crippen molar-refractivity contribution in [2.45, 2.75) is 51.0 Å². The number of ether oxygens (including phenoxy) is 1. The monoisotopic (exact) mass is 486 g/mol. The van der Waals surface area contributed by atoms with Gasteiger partial charge in [-0.25, -0.2) is 4.98 Å². The van der Waals surface area contributed by atoms with Gasteiger partial charge in [-0.3, -0.25) is 9.59 Å². The number of alkyl halides is 3. The maximum Gasteiger partial charge on any atom is 0.416 e. The quantitative estimate of drug-likeness (QED) is 0.570. The molecule has 1 amide bonds. The van der Waals surface area contributed by atoms with Crippen LogP contribution in [0.5, 0.6) is 0 Å². The SMILES string of the molecule is Cc1nc2cc(C(F)(F)F)c(C(C)Nc3ccc(C(=O)N4C5CCC4COC5)cc3)cc2c(=O)[nH]1. The summed E-state index contributed by atoms with van der Waals surface area (Å²) in [6, 6.07) is 8.29. The number of carbonyl (C=O) groups is 1. The number of aromatic nitrogens is 2. The molecule has 5 rings (SSSR count). The molecule has 3 aromatic rings. The molecule has 35 heavy (non-hydrogen) atoms. The van der Waals surface area contributed by atoms with E-state index in [1.165, 1.54) is 13.0 Å². The summed E-state index contributed by atoms with van der Waals surface area (Å²) in [7, 11) is 0. The molecule has 0 aliphatic carbocycles. The minimum absolute atomic E-state index is 0.00512. The highest BCUT2D eigenvalue weighted by Crippen LogP contribution is 2.37. The Morgan fingerprint density at radius 1 is 1.17 bits per heavy atom. The van der Waals surface area contributed by atoms with Crippen LogP contribution in [0.3, 0.4) is 0 Å². The second-order valence-electron chi connectivity index (χ2n) is 9.18. The Balaban J connectivity index is 1.40. The van der Waals surface area contributed by atoms with Gasteiger partial charge in [0, 0.05) is 17.3 Å². The molecule has 2 bridgehead atoms. The highest BCUT2D eigenvalue weighted by atomic mass is 19.4. The van der Waals surface area contributed by atoms with Gasteiger partial charge in [-0.15, -0.1) is 0 Å². The zero-order chi connectivity index (χ0) is 24.9. The van der Waals surface area contributed by atoms with Crippen molar-refractivity contribution in [2.24, 2.45) is 0 Å². The van der Waals surface area contributed by atoms with Crippen LogP contribution in [0.25, 0.3) is 10.9 Å². The van der Waals surface area contributed by atoms with E-state index in [4.69, 9.17) is 4.74 Å². The molecule has 7 nitrogen and oxygen atoms in total. The molecule has 1 aromatic heterocycles. The van der Waals surface area contributed by atoms with Crippen LogP contribution in [0, 0.1) is 6.92 Å². The fourth-order valence-corrected chi connectivity index (χ4v) is 5.07. The van der Waals surface area contributed by atoms with Gasteiger partial charge >= 0.3 is 6.18 Å². The maximum absolute atomic E-state index is 13.9. The van der Waals surface area contributed by atoms with Crippen molar-refractivity contribution in [2.75, 3.05) is 18.5 Å². The molecule has 3 unspecified atom stereocenters. The van der Waals surface area contributed by atoms with E-state index >= 15 is 0 Å². The van der Waals surface area contributed by atoms with E-state index in [-0.39, 0.29) is 40.3 Å². The predicted molar refractivity (Wildman–Crippen MR) is 124 cm³/mol. The van der Waals surface area contributed by atoms with E-state index < -0.39 is 23.3 Å². The number of hydrogen-bond acceptors (Lipinski definition) is 5. The Bertz CT molecular complexity index is 1320. The third kappa shape index (κ3) is 4.38. The molecule has 2 aliphatic rings. The number of nitrogens with one attached hydrogen (secondary N) is 2. The number of aromatic amines is 1. The topological polar surface area (TPSA) is 87.3 Å². The molecule has 2 aliphatic heterocycles. The van der Waals surface area contributed by atoms with Crippen molar-refractivity contribution in [3.63, 3.8) is 0 Å². The summed E-state index contributed by atoms with van der Waals surface area (Å²) in [4.78, 5) is 33.9. The highest BCUT2D eigenvalue weighted by molar-refractivity contribution is 5.95. The molecule has 3 atom stereocenters. The number of rotatable bonds is 4. The summed E-state index contributed by atoms with van der Waals surface area (Å²) in [6.07, 6.45) is -2.76. The van der Waals surface area contributed by atoms with Crippen LogP contribution in [0.15, 0.2) is 41.2 Å². The lowest BCUT2D eigenvalue weighted by atomic mass is 9.98. The van der Waals surface area contributed by atoms with E-state index in [2.05, 4.69) is 15.3 Å². The van der Waals surface area contributed by atoms with Gasteiger partial charge in [0.15, 0.2) is 0 Å². The van der Waals surface area contributed by atoms with Gasteiger partial charge in [-0.1, -0.05) is 0 Å². The van der Waals surface area contributed by atoms with Crippen LogP contribution < -0.4 is 10.9 Å². The summed E-state index contributed by atoms with van der Waals surface area (Å²) < 4.78 is 47.2. The third-order valence-corrected chi connectivity index (χ3v) is 6.76. The van der Waals surface area contributed by atoms with Crippen molar-refractivity contribution >= 4 is 22.5 Å². The number of aryl methyl sites for hydroxylation is 1. The smallest absolute Gasteiger partial charge is 0.379 e. The average molecular weight is 486 g/mol. The second kappa shape index (κ2) is 8.67. The van der Waals surface area contributed by atoms with Gasteiger partial charge in [-0.2, -0.15) is 13.2 Å². The number of amides is 1. The minimum atomic E-state index is -4.62. The number of halogens is 3. The van der Waals surface area contributed by atoms with Crippen LogP contribution >= 0.6 is 0 Å². The van der Waals surface area contributed by atoms with Gasteiger partial charge in [0.1, 0.15) is 5.82 Å². The first-order chi connectivity index (χ1) is 16.6. The van der Waals surface area contributed by atoms with E-state index in [1.54, 1.807) is 31.2 Å². The van der Waals surface area contributed by atoms with Crippen LogP contribution in [-0.2, 0) is 10.9 Å². The number of morpholine rings is 1. The molecule has 0 radical (unpaired) electrons. The van der Waals surface area contributed by atoms with Crippen molar-refractivity contribution in [3.8, 4) is 0 Å². The van der Waals surface area contributed by atoms with Crippen molar-refractivity contribution in [3.05, 3.63) is 69.3 Å². The summed E-state index contributed by atoms with van der Waals surface area (Å²) in [5, 5.41) is 3.16. The van der Waals surface area contributed by atoms with Crippen LogP contribution in [0.1, 0.15) is 53.1 Å². The van der Waals surface area contributed by atoms with E-state index in [0.29, 0.717) is 24.5 Å². The minimum Gasteiger partial charge on any atom is -0.379 e. The summed E-state index contributed by atoms with van der Waals surface area (Å²) in [5.41, 5.74) is -0.327. The van der Waals surface area contributed by atoms with Gasteiger partial charge in [0.2, 0.25) is 0 Å². The van der Waals surface area contributed by atoms with Crippen molar-refractivity contribution in [1.29, 1.82) is 0 Å².